The van der Waals surface area contributed by atoms with Gasteiger partial charge in [-0.2, -0.15) is 0 Å². The first kappa shape index (κ1) is 16.1. The third kappa shape index (κ3) is 4.63. The molecule has 1 aromatic carbocycles. The molecule has 1 heterocycles. The van der Waals surface area contributed by atoms with Gasteiger partial charge in [0.05, 0.1) is 17.8 Å². The second-order valence-corrected chi connectivity index (χ2v) is 6.60. The van der Waals surface area contributed by atoms with Crippen molar-refractivity contribution < 1.29 is 5.11 Å². The molecule has 0 radical (unpaired) electrons. The molecule has 2 rings (SSSR count). The van der Waals surface area contributed by atoms with Crippen LogP contribution in [0.15, 0.2) is 35.7 Å². The van der Waals surface area contributed by atoms with E-state index in [1.165, 1.54) is 0 Å². The van der Waals surface area contributed by atoms with E-state index in [2.05, 4.69) is 29.8 Å². The number of aliphatic hydroxyl groups excluding tert-OH is 1. The van der Waals surface area contributed by atoms with Crippen molar-refractivity contribution in [1.29, 1.82) is 0 Å². The van der Waals surface area contributed by atoms with Crippen molar-refractivity contribution in [1.82, 2.24) is 10.3 Å². The van der Waals surface area contributed by atoms with Crippen molar-refractivity contribution in [3.63, 3.8) is 0 Å². The van der Waals surface area contributed by atoms with Crippen LogP contribution in [0.1, 0.15) is 38.2 Å². The molecule has 0 aliphatic carbocycles. The Bertz CT molecular complexity index is 539. The monoisotopic (exact) mass is 304 g/mol. The molecule has 0 saturated carbocycles. The number of aliphatic hydroxyl groups is 1. The topological polar surface area (TPSA) is 45.1 Å². The minimum Gasteiger partial charge on any atom is -0.393 e. The summed E-state index contributed by atoms with van der Waals surface area (Å²) in [5, 5.41) is 16.4. The molecule has 2 N–H and O–H groups in total. The van der Waals surface area contributed by atoms with Crippen LogP contribution in [0.2, 0.25) is 0 Å². The predicted molar refractivity (Wildman–Crippen MR) is 89.4 cm³/mol. The van der Waals surface area contributed by atoms with Crippen molar-refractivity contribution in [3.05, 3.63) is 40.7 Å². The van der Waals surface area contributed by atoms with Gasteiger partial charge in [-0.1, -0.05) is 44.2 Å². The quantitative estimate of drug-likeness (QED) is 0.816. The smallest absolute Gasteiger partial charge is 0.110 e. The van der Waals surface area contributed by atoms with Gasteiger partial charge in [0.2, 0.25) is 0 Å². The Morgan fingerprint density at radius 3 is 2.57 bits per heavy atom. The van der Waals surface area contributed by atoms with Crippen molar-refractivity contribution in [2.45, 2.75) is 39.3 Å². The van der Waals surface area contributed by atoms with Crippen LogP contribution < -0.4 is 5.32 Å². The summed E-state index contributed by atoms with van der Waals surface area (Å²) in [5.74, 6) is 0.312. The average Bonchev–Trinajstić information content (AvgIpc) is 2.97. The Hall–Kier alpha value is -1.23. The van der Waals surface area contributed by atoms with Crippen molar-refractivity contribution in [3.8, 4) is 11.3 Å². The molecular formula is C17H24N2OS. The number of hydrogen-bond acceptors (Lipinski definition) is 4. The first-order chi connectivity index (χ1) is 10.1. The first-order valence-electron chi connectivity index (χ1n) is 7.50. The number of thiazole rings is 1. The number of hydrogen-bond donors (Lipinski definition) is 2. The third-order valence-electron chi connectivity index (χ3n) is 3.62. The lowest BCUT2D eigenvalue weighted by Gasteiger charge is -2.16. The van der Waals surface area contributed by atoms with Gasteiger partial charge in [-0.15, -0.1) is 11.3 Å². The summed E-state index contributed by atoms with van der Waals surface area (Å²) in [6, 6.07) is 10.5. The second kappa shape index (κ2) is 7.69. The van der Waals surface area contributed by atoms with E-state index >= 15 is 0 Å². The van der Waals surface area contributed by atoms with E-state index in [1.54, 1.807) is 11.3 Å². The Labute approximate surface area is 131 Å². The number of nitrogens with zero attached hydrogens (tertiary/aromatic N) is 1. The summed E-state index contributed by atoms with van der Waals surface area (Å²) in [7, 11) is 0. The molecular weight excluding hydrogens is 280 g/mol. The lowest BCUT2D eigenvalue weighted by Crippen LogP contribution is -2.25. The van der Waals surface area contributed by atoms with Gasteiger partial charge in [0, 0.05) is 10.9 Å². The SMILES string of the molecule is CC(NCCC(O)C(C)C)c1nc(-c2ccccc2)cs1. The van der Waals surface area contributed by atoms with Gasteiger partial charge in [0.1, 0.15) is 5.01 Å². The maximum atomic E-state index is 9.81. The molecule has 0 fully saturated rings. The molecule has 0 bridgehead atoms. The van der Waals surface area contributed by atoms with Crippen LogP contribution in [0, 0.1) is 5.92 Å². The van der Waals surface area contributed by atoms with Crippen LogP contribution in [0.25, 0.3) is 11.3 Å². The number of nitrogens with one attached hydrogen (secondary N) is 1. The first-order valence-corrected chi connectivity index (χ1v) is 8.38. The highest BCUT2D eigenvalue weighted by Crippen LogP contribution is 2.25. The Morgan fingerprint density at radius 1 is 1.19 bits per heavy atom. The van der Waals surface area contributed by atoms with E-state index in [0.717, 1.165) is 29.2 Å². The lowest BCUT2D eigenvalue weighted by atomic mass is 10.0. The summed E-state index contributed by atoms with van der Waals surface area (Å²) in [6.45, 7) is 7.01. The van der Waals surface area contributed by atoms with Crippen molar-refractivity contribution >= 4 is 11.3 Å². The Balaban J connectivity index is 1.89. The fourth-order valence-corrected chi connectivity index (χ4v) is 2.96. The second-order valence-electron chi connectivity index (χ2n) is 5.71. The Morgan fingerprint density at radius 2 is 1.90 bits per heavy atom. The van der Waals surface area contributed by atoms with Gasteiger partial charge in [-0.05, 0) is 25.8 Å². The van der Waals surface area contributed by atoms with E-state index < -0.39 is 0 Å². The van der Waals surface area contributed by atoms with E-state index in [0.29, 0.717) is 5.92 Å². The van der Waals surface area contributed by atoms with Gasteiger partial charge >= 0.3 is 0 Å². The molecule has 0 aliphatic heterocycles. The molecule has 0 saturated heterocycles. The lowest BCUT2D eigenvalue weighted by molar-refractivity contribution is 0.115. The summed E-state index contributed by atoms with van der Waals surface area (Å²) in [4.78, 5) is 4.71. The standard InChI is InChI=1S/C17H24N2OS/c1-12(2)16(20)9-10-18-13(3)17-19-15(11-21-17)14-7-5-4-6-8-14/h4-8,11-13,16,18,20H,9-10H2,1-3H3. The molecule has 2 unspecified atom stereocenters. The molecule has 114 valence electrons. The van der Waals surface area contributed by atoms with Gasteiger partial charge < -0.3 is 10.4 Å². The number of aromatic nitrogens is 1. The highest BCUT2D eigenvalue weighted by Gasteiger charge is 2.13. The maximum Gasteiger partial charge on any atom is 0.110 e. The molecule has 21 heavy (non-hydrogen) atoms. The van der Waals surface area contributed by atoms with E-state index in [1.807, 2.05) is 32.0 Å². The molecule has 2 aromatic rings. The molecule has 2 atom stereocenters. The zero-order valence-corrected chi connectivity index (χ0v) is 13.7. The molecule has 1 aromatic heterocycles. The molecule has 0 amide bonds. The molecule has 3 nitrogen and oxygen atoms in total. The fraction of sp³-hybridized carbons (Fsp3) is 0.471. The van der Waals surface area contributed by atoms with Crippen LogP contribution >= 0.6 is 11.3 Å². The zero-order valence-electron chi connectivity index (χ0n) is 12.9. The molecule has 4 heteroatoms. The van der Waals surface area contributed by atoms with E-state index in [-0.39, 0.29) is 12.1 Å². The van der Waals surface area contributed by atoms with Gasteiger partial charge in [-0.25, -0.2) is 4.98 Å². The minimum absolute atomic E-state index is 0.215. The summed E-state index contributed by atoms with van der Waals surface area (Å²) in [5.41, 5.74) is 2.19. The summed E-state index contributed by atoms with van der Waals surface area (Å²) < 4.78 is 0. The van der Waals surface area contributed by atoms with Crippen LogP contribution in [0.4, 0.5) is 0 Å². The third-order valence-corrected chi connectivity index (χ3v) is 4.65. The highest BCUT2D eigenvalue weighted by molar-refractivity contribution is 7.10. The predicted octanol–water partition coefficient (Wildman–Crippen LogP) is 3.87. The largest absolute Gasteiger partial charge is 0.393 e. The molecule has 0 spiro atoms. The van der Waals surface area contributed by atoms with Crippen LogP contribution in [0.5, 0.6) is 0 Å². The van der Waals surface area contributed by atoms with Gasteiger partial charge in [0.15, 0.2) is 0 Å². The summed E-state index contributed by atoms with van der Waals surface area (Å²) in [6.07, 6.45) is 0.541. The number of rotatable bonds is 7. The summed E-state index contributed by atoms with van der Waals surface area (Å²) >= 11 is 1.68. The van der Waals surface area contributed by atoms with Crippen LogP contribution in [-0.4, -0.2) is 22.7 Å². The van der Waals surface area contributed by atoms with Gasteiger partial charge in [-0.3, -0.25) is 0 Å². The van der Waals surface area contributed by atoms with Gasteiger partial charge in [0.25, 0.3) is 0 Å². The van der Waals surface area contributed by atoms with Crippen molar-refractivity contribution in [2.24, 2.45) is 5.92 Å². The van der Waals surface area contributed by atoms with Crippen LogP contribution in [0.3, 0.4) is 0 Å². The fourth-order valence-electron chi connectivity index (χ4n) is 2.10. The minimum atomic E-state index is -0.235. The Kier molecular flexibility index (Phi) is 5.91. The van der Waals surface area contributed by atoms with Crippen molar-refractivity contribution in [2.75, 3.05) is 6.54 Å². The maximum absolute atomic E-state index is 9.81. The van der Waals surface area contributed by atoms with E-state index in [4.69, 9.17) is 4.98 Å². The number of benzene rings is 1. The normalized spacial score (nSPS) is 14.3. The highest BCUT2D eigenvalue weighted by atomic mass is 32.1. The van der Waals surface area contributed by atoms with Crippen LogP contribution in [-0.2, 0) is 0 Å². The van der Waals surface area contributed by atoms with E-state index in [9.17, 15) is 5.11 Å². The molecule has 0 aliphatic rings. The average molecular weight is 304 g/mol. The zero-order chi connectivity index (χ0) is 15.2.